The minimum absolute atomic E-state index is 0.0309. The second kappa shape index (κ2) is 13.7. The van der Waals surface area contributed by atoms with E-state index in [0.717, 1.165) is 12.1 Å². The highest BCUT2D eigenvalue weighted by atomic mass is 19.4. The van der Waals surface area contributed by atoms with Crippen LogP contribution in [-0.4, -0.2) is 74.9 Å². The Kier molecular flexibility index (Phi) is 9.58. The number of piperazine rings is 1. The second-order valence-electron chi connectivity index (χ2n) is 10.7. The molecule has 12 nitrogen and oxygen atoms in total. The molecule has 46 heavy (non-hydrogen) atoms. The molecule has 4 aromatic rings. The number of ether oxygens (including phenoxy) is 1. The van der Waals surface area contributed by atoms with Gasteiger partial charge in [0.2, 0.25) is 11.8 Å². The van der Waals surface area contributed by atoms with Gasteiger partial charge in [0, 0.05) is 50.4 Å². The van der Waals surface area contributed by atoms with Crippen LogP contribution in [-0.2, 0) is 22.4 Å². The monoisotopic (exact) mass is 640 g/mol. The van der Waals surface area contributed by atoms with Gasteiger partial charge in [0.1, 0.15) is 24.1 Å². The number of aromatic nitrogens is 3. The van der Waals surface area contributed by atoms with E-state index >= 15 is 0 Å². The van der Waals surface area contributed by atoms with Crippen molar-refractivity contribution >= 4 is 23.5 Å². The highest BCUT2D eigenvalue weighted by Crippen LogP contribution is 2.32. The lowest BCUT2D eigenvalue weighted by Crippen LogP contribution is -2.55. The number of carboxylic acid groups (broad SMARTS) is 1. The van der Waals surface area contributed by atoms with E-state index in [1.807, 2.05) is 6.07 Å². The second-order valence-corrected chi connectivity index (χ2v) is 10.7. The van der Waals surface area contributed by atoms with Gasteiger partial charge in [-0.15, -0.1) is 0 Å². The van der Waals surface area contributed by atoms with Crippen molar-refractivity contribution in [1.29, 1.82) is 0 Å². The molecule has 2 aromatic carbocycles. The molecule has 0 aliphatic carbocycles. The van der Waals surface area contributed by atoms with Crippen LogP contribution in [0.3, 0.4) is 0 Å². The molecule has 242 valence electrons. The SMILES string of the molecule is Cc1cc(COc2cc(C(=O)N[C@@H](CCC(=O)O)C(=O)N3CCN(c4cccc(C(F)(F)F)c4)CC3)nn2-c2ccccc2)no1. The lowest BCUT2D eigenvalue weighted by Gasteiger charge is -2.37. The highest BCUT2D eigenvalue weighted by Gasteiger charge is 2.33. The third-order valence-electron chi connectivity index (χ3n) is 7.34. The number of carboxylic acids is 1. The molecule has 2 amide bonds. The smallest absolute Gasteiger partial charge is 0.416 e. The van der Waals surface area contributed by atoms with Gasteiger partial charge in [-0.2, -0.15) is 18.3 Å². The molecule has 5 rings (SSSR count). The van der Waals surface area contributed by atoms with Gasteiger partial charge in [0.05, 0.1) is 11.3 Å². The fourth-order valence-electron chi connectivity index (χ4n) is 5.01. The Morgan fingerprint density at radius 2 is 1.72 bits per heavy atom. The summed E-state index contributed by atoms with van der Waals surface area (Å²) in [7, 11) is 0. The molecule has 3 heterocycles. The first-order chi connectivity index (χ1) is 22.0. The van der Waals surface area contributed by atoms with Crippen LogP contribution in [0.1, 0.15) is 40.3 Å². The van der Waals surface area contributed by atoms with Gasteiger partial charge in [0.15, 0.2) is 5.69 Å². The van der Waals surface area contributed by atoms with Gasteiger partial charge in [-0.1, -0.05) is 29.4 Å². The number of hydrogen-bond acceptors (Lipinski definition) is 8. The normalized spacial score (nSPS) is 14.2. The number of para-hydroxylation sites is 1. The molecular weight excluding hydrogens is 609 g/mol. The van der Waals surface area contributed by atoms with Crippen LogP contribution in [0.25, 0.3) is 5.69 Å². The molecular formula is C31H31F3N6O6. The first kappa shape index (κ1) is 32.1. The quantitative estimate of drug-likeness (QED) is 0.248. The van der Waals surface area contributed by atoms with Crippen molar-refractivity contribution < 1.29 is 41.9 Å². The van der Waals surface area contributed by atoms with E-state index < -0.39 is 35.6 Å². The van der Waals surface area contributed by atoms with E-state index in [9.17, 15) is 32.7 Å². The number of alkyl halides is 3. The molecule has 0 radical (unpaired) electrons. The molecule has 1 atom stereocenters. The Bertz CT molecular complexity index is 1680. The summed E-state index contributed by atoms with van der Waals surface area (Å²) in [4.78, 5) is 41.6. The summed E-state index contributed by atoms with van der Waals surface area (Å²) in [5.74, 6) is -1.55. The number of anilines is 1. The number of hydrogen-bond donors (Lipinski definition) is 2. The Balaban J connectivity index is 1.29. The maximum Gasteiger partial charge on any atom is 0.416 e. The van der Waals surface area contributed by atoms with Crippen molar-refractivity contribution in [2.45, 2.75) is 38.6 Å². The first-order valence-corrected chi connectivity index (χ1v) is 14.4. The third kappa shape index (κ3) is 7.83. The van der Waals surface area contributed by atoms with Crippen LogP contribution < -0.4 is 15.0 Å². The molecule has 0 saturated carbocycles. The summed E-state index contributed by atoms with van der Waals surface area (Å²) in [6.07, 6.45) is -5.05. The average molecular weight is 641 g/mol. The molecule has 1 aliphatic heterocycles. The lowest BCUT2D eigenvalue weighted by atomic mass is 10.1. The molecule has 0 bridgehead atoms. The fraction of sp³-hybridized carbons (Fsp3) is 0.323. The number of nitrogens with zero attached hydrogens (tertiary/aromatic N) is 5. The van der Waals surface area contributed by atoms with Crippen LogP contribution in [0.4, 0.5) is 18.9 Å². The highest BCUT2D eigenvalue weighted by molar-refractivity contribution is 5.96. The van der Waals surface area contributed by atoms with Crippen molar-refractivity contribution in [2.75, 3.05) is 31.1 Å². The zero-order valence-electron chi connectivity index (χ0n) is 24.7. The van der Waals surface area contributed by atoms with Crippen molar-refractivity contribution in [1.82, 2.24) is 25.2 Å². The van der Waals surface area contributed by atoms with Crippen LogP contribution >= 0.6 is 0 Å². The molecule has 0 spiro atoms. The number of rotatable bonds is 11. The molecule has 15 heteroatoms. The molecule has 1 aliphatic rings. The van der Waals surface area contributed by atoms with E-state index in [-0.39, 0.29) is 57.2 Å². The summed E-state index contributed by atoms with van der Waals surface area (Å²) in [6, 6.07) is 15.8. The molecule has 2 N–H and O–H groups in total. The lowest BCUT2D eigenvalue weighted by molar-refractivity contribution is -0.138. The molecule has 1 fully saturated rings. The predicted octanol–water partition coefficient (Wildman–Crippen LogP) is 4.08. The number of aliphatic carboxylic acids is 1. The van der Waals surface area contributed by atoms with Crippen molar-refractivity contribution in [3.05, 3.63) is 89.4 Å². The van der Waals surface area contributed by atoms with Gasteiger partial charge in [-0.05, 0) is 43.7 Å². The maximum atomic E-state index is 13.5. The van der Waals surface area contributed by atoms with Crippen LogP contribution in [0, 0.1) is 6.92 Å². The van der Waals surface area contributed by atoms with E-state index in [0.29, 0.717) is 22.8 Å². The largest absolute Gasteiger partial charge is 0.481 e. The Morgan fingerprint density at radius 3 is 2.37 bits per heavy atom. The van der Waals surface area contributed by atoms with Crippen molar-refractivity contribution in [3.8, 4) is 11.6 Å². The molecule has 1 saturated heterocycles. The van der Waals surface area contributed by atoms with E-state index in [1.165, 1.54) is 21.7 Å². The standard InChI is InChI=1S/C31H31F3N6O6/c1-20-16-22(37-46-20)19-45-27-18-26(36-40(27)23-7-3-2-4-8-23)29(43)35-25(10-11-28(41)42)30(44)39-14-12-38(13-15-39)24-9-5-6-21(17-24)31(32,33)34/h2-9,16-18,25H,10-15,19H2,1H3,(H,35,43)(H,41,42)/t25-/m0/s1. The Morgan fingerprint density at radius 1 is 1.00 bits per heavy atom. The summed E-state index contributed by atoms with van der Waals surface area (Å²) < 4.78 is 52.0. The number of nitrogens with one attached hydrogen (secondary N) is 1. The average Bonchev–Trinajstić information content (AvgIpc) is 3.67. The summed E-state index contributed by atoms with van der Waals surface area (Å²) in [6.45, 7) is 2.60. The predicted molar refractivity (Wildman–Crippen MR) is 157 cm³/mol. The maximum absolute atomic E-state index is 13.5. The van der Waals surface area contributed by atoms with Gasteiger partial charge >= 0.3 is 12.1 Å². The number of carbonyl (C=O) groups excluding carboxylic acids is 2. The number of aryl methyl sites for hydroxylation is 1. The summed E-state index contributed by atoms with van der Waals surface area (Å²) >= 11 is 0. The zero-order valence-corrected chi connectivity index (χ0v) is 24.7. The molecule has 0 unspecified atom stereocenters. The van der Waals surface area contributed by atoms with Crippen molar-refractivity contribution in [2.24, 2.45) is 0 Å². The van der Waals surface area contributed by atoms with Gasteiger partial charge < -0.3 is 29.5 Å². The number of carbonyl (C=O) groups is 3. The molecule has 2 aromatic heterocycles. The van der Waals surface area contributed by atoms with E-state index in [2.05, 4.69) is 15.6 Å². The van der Waals surface area contributed by atoms with Gasteiger partial charge in [-0.3, -0.25) is 14.4 Å². The minimum Gasteiger partial charge on any atom is -0.481 e. The zero-order chi connectivity index (χ0) is 32.8. The number of benzene rings is 2. The van der Waals surface area contributed by atoms with Crippen LogP contribution in [0.2, 0.25) is 0 Å². The summed E-state index contributed by atoms with van der Waals surface area (Å²) in [5.41, 5.74) is 0.666. The van der Waals surface area contributed by atoms with E-state index in [4.69, 9.17) is 9.26 Å². The Labute approximate surface area is 261 Å². The van der Waals surface area contributed by atoms with Crippen molar-refractivity contribution in [3.63, 3.8) is 0 Å². The summed E-state index contributed by atoms with van der Waals surface area (Å²) in [5, 5.41) is 20.2. The topological polar surface area (TPSA) is 143 Å². The third-order valence-corrected chi connectivity index (χ3v) is 7.34. The number of amides is 2. The van der Waals surface area contributed by atoms with Gasteiger partial charge in [-0.25, -0.2) is 4.68 Å². The number of halogens is 3. The Hall–Kier alpha value is -5.34. The van der Waals surface area contributed by atoms with E-state index in [1.54, 1.807) is 48.2 Å². The van der Waals surface area contributed by atoms with Gasteiger partial charge in [0.25, 0.3) is 5.91 Å². The van der Waals surface area contributed by atoms with Crippen LogP contribution in [0.5, 0.6) is 5.88 Å². The fourth-order valence-corrected chi connectivity index (χ4v) is 5.01. The first-order valence-electron chi connectivity index (χ1n) is 14.4. The van der Waals surface area contributed by atoms with Crippen LogP contribution in [0.15, 0.2) is 71.3 Å². The minimum atomic E-state index is -4.48.